The molecule has 2 fully saturated rings. The zero-order valence-corrected chi connectivity index (χ0v) is 20.8. The molecule has 0 aliphatic heterocycles. The maximum Gasteiger partial charge on any atom is 0.407 e. The third-order valence-corrected chi connectivity index (χ3v) is 6.38. The molecule has 0 aromatic rings. The first kappa shape index (κ1) is 28.6. The molecule has 0 saturated heterocycles. The van der Waals surface area contributed by atoms with Gasteiger partial charge in [-0.3, -0.25) is 9.59 Å². The van der Waals surface area contributed by atoms with Crippen molar-refractivity contribution in [3.8, 4) is 0 Å². The van der Waals surface area contributed by atoms with Crippen LogP contribution < -0.4 is 5.32 Å². The molecule has 1 N–H and O–H groups in total. The first-order valence-corrected chi connectivity index (χ1v) is 11.7. The summed E-state index contributed by atoms with van der Waals surface area (Å²) in [5.41, 5.74) is 6.87. The molecule has 10 nitrogen and oxygen atoms in total. The minimum atomic E-state index is -0.503. The van der Waals surface area contributed by atoms with Crippen LogP contribution in [0.5, 0.6) is 0 Å². The SMILES string of the molecule is COC(=O)C1(CCN=[N+]=[N-])CCCC1.COC(=O)C1(CCNC(=O)OC(C)(C)C)CCCC1. The van der Waals surface area contributed by atoms with Crippen molar-refractivity contribution < 1.29 is 28.6 Å². The van der Waals surface area contributed by atoms with Crippen LogP contribution in [0.3, 0.4) is 0 Å². The number of ether oxygens (including phenoxy) is 3. The molecular formula is C23H40N4O6. The summed E-state index contributed by atoms with van der Waals surface area (Å²) in [4.78, 5) is 37.7. The molecule has 0 aromatic carbocycles. The Morgan fingerprint density at radius 2 is 1.36 bits per heavy atom. The number of amides is 1. The Balaban J connectivity index is 0.000000346. The third kappa shape index (κ3) is 9.12. The number of carbonyl (C=O) groups excluding carboxylic acids is 3. The van der Waals surface area contributed by atoms with Gasteiger partial charge in [-0.2, -0.15) is 0 Å². The van der Waals surface area contributed by atoms with Gasteiger partial charge in [-0.05, 0) is 64.8 Å². The van der Waals surface area contributed by atoms with E-state index in [1.807, 2.05) is 20.8 Å². The van der Waals surface area contributed by atoms with Gasteiger partial charge in [-0.15, -0.1) is 0 Å². The van der Waals surface area contributed by atoms with Crippen molar-refractivity contribution in [2.24, 2.45) is 15.9 Å². The van der Waals surface area contributed by atoms with E-state index >= 15 is 0 Å². The molecular weight excluding hydrogens is 428 g/mol. The highest BCUT2D eigenvalue weighted by Gasteiger charge is 2.42. The molecule has 0 radical (unpaired) electrons. The lowest BCUT2D eigenvalue weighted by atomic mass is 9.83. The first-order chi connectivity index (χ1) is 15.5. The molecule has 0 atom stereocenters. The van der Waals surface area contributed by atoms with Gasteiger partial charge < -0.3 is 19.5 Å². The first-order valence-electron chi connectivity index (χ1n) is 11.7. The van der Waals surface area contributed by atoms with E-state index in [0.29, 0.717) is 25.9 Å². The van der Waals surface area contributed by atoms with Crippen molar-refractivity contribution in [1.82, 2.24) is 5.32 Å². The van der Waals surface area contributed by atoms with Crippen LogP contribution in [-0.4, -0.2) is 50.9 Å². The van der Waals surface area contributed by atoms with E-state index in [9.17, 15) is 14.4 Å². The van der Waals surface area contributed by atoms with Crippen LogP contribution in [0.4, 0.5) is 4.79 Å². The largest absolute Gasteiger partial charge is 0.469 e. The van der Waals surface area contributed by atoms with Gasteiger partial charge in [0.15, 0.2) is 0 Å². The lowest BCUT2D eigenvalue weighted by molar-refractivity contribution is -0.153. The lowest BCUT2D eigenvalue weighted by Crippen LogP contribution is -2.37. The van der Waals surface area contributed by atoms with Crippen molar-refractivity contribution in [3.63, 3.8) is 0 Å². The number of carbonyl (C=O) groups is 3. The molecule has 2 aliphatic rings. The molecule has 0 unspecified atom stereocenters. The van der Waals surface area contributed by atoms with Crippen LogP contribution in [0.25, 0.3) is 10.4 Å². The Hall–Kier alpha value is -2.48. The highest BCUT2D eigenvalue weighted by Crippen LogP contribution is 2.42. The summed E-state index contributed by atoms with van der Waals surface area (Å²) in [6.07, 6.45) is 8.40. The summed E-state index contributed by atoms with van der Waals surface area (Å²) in [7, 11) is 2.83. The average molecular weight is 469 g/mol. The molecule has 0 aromatic heterocycles. The topological polar surface area (TPSA) is 140 Å². The summed E-state index contributed by atoms with van der Waals surface area (Å²) < 4.78 is 14.8. The number of nitrogens with zero attached hydrogens (tertiary/aromatic N) is 3. The molecule has 2 rings (SSSR count). The van der Waals surface area contributed by atoms with Crippen LogP contribution in [0.1, 0.15) is 85.0 Å². The zero-order chi connectivity index (χ0) is 25.0. The molecule has 0 bridgehead atoms. The monoisotopic (exact) mass is 468 g/mol. The fourth-order valence-corrected chi connectivity index (χ4v) is 4.68. The lowest BCUT2D eigenvalue weighted by Gasteiger charge is -2.26. The normalized spacial score (nSPS) is 18.2. The maximum atomic E-state index is 11.9. The number of hydrogen-bond donors (Lipinski definition) is 1. The van der Waals surface area contributed by atoms with E-state index in [1.165, 1.54) is 14.2 Å². The Bertz CT molecular complexity index is 700. The molecule has 2 aliphatic carbocycles. The number of nitrogens with one attached hydrogen (secondary N) is 1. The molecule has 10 heteroatoms. The second kappa shape index (κ2) is 13.3. The Morgan fingerprint density at radius 3 is 1.76 bits per heavy atom. The van der Waals surface area contributed by atoms with Gasteiger partial charge in [0.25, 0.3) is 0 Å². The third-order valence-electron chi connectivity index (χ3n) is 6.38. The number of methoxy groups -OCH3 is 2. The summed E-state index contributed by atoms with van der Waals surface area (Å²) in [6, 6.07) is 0. The number of azide groups is 1. The van der Waals surface area contributed by atoms with Gasteiger partial charge in [-0.25, -0.2) is 4.79 Å². The van der Waals surface area contributed by atoms with E-state index in [1.54, 1.807) is 0 Å². The van der Waals surface area contributed by atoms with Gasteiger partial charge in [0, 0.05) is 18.0 Å². The maximum absolute atomic E-state index is 11.9. The van der Waals surface area contributed by atoms with E-state index in [4.69, 9.17) is 19.7 Å². The second-order valence-corrected chi connectivity index (χ2v) is 9.84. The van der Waals surface area contributed by atoms with Crippen molar-refractivity contribution >= 4 is 18.0 Å². The predicted molar refractivity (Wildman–Crippen MR) is 123 cm³/mol. The summed E-state index contributed by atoms with van der Waals surface area (Å²) in [5, 5.41) is 6.17. The van der Waals surface area contributed by atoms with E-state index in [0.717, 1.165) is 51.4 Å². The highest BCUT2D eigenvalue weighted by molar-refractivity contribution is 5.77. The Morgan fingerprint density at radius 1 is 0.909 bits per heavy atom. The Labute approximate surface area is 196 Å². The van der Waals surface area contributed by atoms with Crippen LogP contribution >= 0.6 is 0 Å². The molecule has 188 valence electrons. The van der Waals surface area contributed by atoms with Gasteiger partial charge in [0.2, 0.25) is 0 Å². The van der Waals surface area contributed by atoms with Crippen molar-refractivity contribution in [2.75, 3.05) is 27.3 Å². The molecule has 2 saturated carbocycles. The van der Waals surface area contributed by atoms with Crippen LogP contribution in [0.15, 0.2) is 5.11 Å². The molecule has 1 amide bonds. The van der Waals surface area contributed by atoms with Crippen molar-refractivity contribution in [1.29, 1.82) is 0 Å². The number of esters is 2. The van der Waals surface area contributed by atoms with E-state index in [-0.39, 0.29) is 17.4 Å². The van der Waals surface area contributed by atoms with Crippen LogP contribution in [-0.2, 0) is 23.8 Å². The Kier molecular flexibility index (Phi) is 11.5. The van der Waals surface area contributed by atoms with Crippen molar-refractivity contribution in [2.45, 2.75) is 90.6 Å². The van der Waals surface area contributed by atoms with E-state index < -0.39 is 17.1 Å². The minimum Gasteiger partial charge on any atom is -0.469 e. The van der Waals surface area contributed by atoms with Gasteiger partial charge in [-0.1, -0.05) is 30.8 Å². The minimum absolute atomic E-state index is 0.150. The molecule has 0 heterocycles. The summed E-state index contributed by atoms with van der Waals surface area (Å²) in [5.74, 6) is -0.306. The van der Waals surface area contributed by atoms with Crippen molar-refractivity contribution in [3.05, 3.63) is 10.4 Å². The predicted octanol–water partition coefficient (Wildman–Crippen LogP) is 5.05. The number of hydrogen-bond acceptors (Lipinski definition) is 7. The van der Waals surface area contributed by atoms with Crippen LogP contribution in [0, 0.1) is 10.8 Å². The molecule has 33 heavy (non-hydrogen) atoms. The smallest absolute Gasteiger partial charge is 0.407 e. The van der Waals surface area contributed by atoms with Gasteiger partial charge >= 0.3 is 18.0 Å². The number of alkyl carbamates (subject to hydrolysis) is 1. The zero-order valence-electron chi connectivity index (χ0n) is 20.8. The summed E-state index contributed by atoms with van der Waals surface area (Å²) in [6.45, 7) is 6.27. The quantitative estimate of drug-likeness (QED) is 0.174. The summed E-state index contributed by atoms with van der Waals surface area (Å²) >= 11 is 0. The van der Waals surface area contributed by atoms with Gasteiger partial charge in [0.1, 0.15) is 5.60 Å². The highest BCUT2D eigenvalue weighted by atomic mass is 16.6. The second-order valence-electron chi connectivity index (χ2n) is 9.84. The molecule has 0 spiro atoms. The number of rotatable bonds is 8. The standard InChI is InChI=1S/C14H25NO4.C9H15N3O2/c1-13(2,3)19-12(17)15-10-9-14(11(16)18-4)7-5-6-8-14;1-14-8(13)9(4-2-3-5-9)6-7-11-12-10/h5-10H2,1-4H3,(H,15,17);2-7H2,1H3. The average Bonchev–Trinajstić information content (AvgIpc) is 3.43. The van der Waals surface area contributed by atoms with E-state index in [2.05, 4.69) is 15.3 Å². The van der Waals surface area contributed by atoms with Crippen LogP contribution in [0.2, 0.25) is 0 Å². The fourth-order valence-electron chi connectivity index (χ4n) is 4.68. The fraction of sp³-hybridized carbons (Fsp3) is 0.870. The van der Waals surface area contributed by atoms with Gasteiger partial charge in [0.05, 0.1) is 25.0 Å².